The SMILES string of the molecule is C[I-]C1=CCC(CN(C)C)CC1. The van der Waals surface area contributed by atoms with E-state index in [4.69, 9.17) is 0 Å². The van der Waals surface area contributed by atoms with Crippen molar-refractivity contribution in [1.29, 1.82) is 0 Å². The fourth-order valence-electron chi connectivity index (χ4n) is 1.71. The molecule has 0 spiro atoms. The van der Waals surface area contributed by atoms with Crippen LogP contribution in [0.5, 0.6) is 0 Å². The average Bonchev–Trinajstić information content (AvgIpc) is 2.05. The van der Waals surface area contributed by atoms with Crippen LogP contribution in [0.2, 0.25) is 0 Å². The molecular weight excluding hydrogens is 261 g/mol. The molecule has 0 aromatic carbocycles. The zero-order valence-corrected chi connectivity index (χ0v) is 10.5. The zero-order valence-electron chi connectivity index (χ0n) is 8.31. The minimum absolute atomic E-state index is 0.393. The number of alkyl halides is 1. The van der Waals surface area contributed by atoms with Crippen molar-refractivity contribution in [3.05, 3.63) is 9.66 Å². The van der Waals surface area contributed by atoms with Crippen molar-refractivity contribution in [1.82, 2.24) is 4.90 Å². The Morgan fingerprint density at radius 1 is 1.58 bits per heavy atom. The van der Waals surface area contributed by atoms with E-state index in [1.165, 1.54) is 25.8 Å². The first kappa shape index (κ1) is 10.5. The molecule has 0 amide bonds. The summed E-state index contributed by atoms with van der Waals surface area (Å²) < 4.78 is 1.78. The van der Waals surface area contributed by atoms with Crippen molar-refractivity contribution in [2.75, 3.05) is 25.6 Å². The van der Waals surface area contributed by atoms with Crippen LogP contribution >= 0.6 is 0 Å². The molecule has 1 rings (SSSR count). The Bertz CT molecular complexity index is 163. The third kappa shape index (κ3) is 3.44. The van der Waals surface area contributed by atoms with Gasteiger partial charge < -0.3 is 0 Å². The molecule has 0 bridgehead atoms. The van der Waals surface area contributed by atoms with Crippen LogP contribution < -0.4 is 21.2 Å². The van der Waals surface area contributed by atoms with Gasteiger partial charge in [-0.1, -0.05) is 0 Å². The van der Waals surface area contributed by atoms with E-state index in [1.807, 2.05) is 0 Å². The van der Waals surface area contributed by atoms with Crippen LogP contribution in [0.4, 0.5) is 0 Å². The van der Waals surface area contributed by atoms with Crippen LogP contribution in [0.15, 0.2) is 9.66 Å². The molecule has 72 valence electrons. The Hall–Kier alpha value is 0.430. The summed E-state index contributed by atoms with van der Waals surface area (Å²) in [5.41, 5.74) is 0. The predicted octanol–water partition coefficient (Wildman–Crippen LogP) is -1.05. The summed E-state index contributed by atoms with van der Waals surface area (Å²) in [4.78, 5) is 4.68. The summed E-state index contributed by atoms with van der Waals surface area (Å²) in [7, 11) is 4.35. The maximum atomic E-state index is 2.50. The first-order valence-electron chi connectivity index (χ1n) is 4.55. The molecule has 0 aromatic heterocycles. The summed E-state index contributed by atoms with van der Waals surface area (Å²) in [6.45, 7) is 1.27. The molecule has 1 aliphatic rings. The Kier molecular flexibility index (Phi) is 4.57. The first-order valence-corrected chi connectivity index (χ1v) is 7.79. The van der Waals surface area contributed by atoms with E-state index in [0.717, 1.165) is 5.92 Å². The van der Waals surface area contributed by atoms with E-state index >= 15 is 0 Å². The maximum absolute atomic E-state index is 2.50. The summed E-state index contributed by atoms with van der Waals surface area (Å²) in [6, 6.07) is 0. The second kappa shape index (κ2) is 5.22. The molecule has 0 aliphatic heterocycles. The third-order valence-electron chi connectivity index (χ3n) is 2.33. The number of rotatable bonds is 3. The Balaban J connectivity index is 2.31. The van der Waals surface area contributed by atoms with Crippen LogP contribution in [0, 0.1) is 5.92 Å². The van der Waals surface area contributed by atoms with Gasteiger partial charge in [0.2, 0.25) is 0 Å². The third-order valence-corrected chi connectivity index (χ3v) is 4.70. The normalized spacial score (nSPS) is 24.7. The molecule has 1 aliphatic carbocycles. The van der Waals surface area contributed by atoms with Gasteiger partial charge in [0.05, 0.1) is 0 Å². The van der Waals surface area contributed by atoms with Crippen molar-refractivity contribution in [2.45, 2.75) is 19.3 Å². The Morgan fingerprint density at radius 3 is 2.75 bits per heavy atom. The van der Waals surface area contributed by atoms with Crippen LogP contribution in [0.3, 0.4) is 0 Å². The minimum atomic E-state index is 0.393. The summed E-state index contributed by atoms with van der Waals surface area (Å²) in [5.74, 6) is 0.930. The van der Waals surface area contributed by atoms with Crippen molar-refractivity contribution in [3.63, 3.8) is 0 Å². The van der Waals surface area contributed by atoms with E-state index in [2.05, 4.69) is 30.0 Å². The molecule has 0 radical (unpaired) electrons. The second-order valence-electron chi connectivity index (χ2n) is 3.74. The van der Waals surface area contributed by atoms with E-state index < -0.39 is 0 Å². The van der Waals surface area contributed by atoms with Gasteiger partial charge in [-0.3, -0.25) is 0 Å². The van der Waals surface area contributed by atoms with Gasteiger partial charge in [-0.05, 0) is 0 Å². The average molecular weight is 280 g/mol. The molecule has 0 aromatic rings. The molecule has 0 saturated heterocycles. The number of nitrogens with zero attached hydrogens (tertiary/aromatic N) is 1. The molecule has 12 heavy (non-hydrogen) atoms. The fraction of sp³-hybridized carbons (Fsp3) is 0.800. The Morgan fingerprint density at radius 2 is 2.33 bits per heavy atom. The second-order valence-corrected chi connectivity index (χ2v) is 6.21. The molecule has 2 heteroatoms. The number of allylic oxidation sites excluding steroid dienone is 2. The van der Waals surface area contributed by atoms with E-state index in [-0.39, 0.29) is 0 Å². The molecule has 0 saturated carbocycles. The molecular formula is C10H19IN-. The summed E-state index contributed by atoms with van der Waals surface area (Å²) in [5, 5.41) is 0. The van der Waals surface area contributed by atoms with Gasteiger partial charge in [0.1, 0.15) is 0 Å². The summed E-state index contributed by atoms with van der Waals surface area (Å²) in [6.07, 6.45) is 6.66. The predicted molar refractivity (Wildman–Crippen MR) is 49.9 cm³/mol. The van der Waals surface area contributed by atoms with Crippen molar-refractivity contribution in [2.24, 2.45) is 5.92 Å². The molecule has 0 fully saturated rings. The van der Waals surface area contributed by atoms with E-state index in [1.54, 1.807) is 3.58 Å². The van der Waals surface area contributed by atoms with Crippen molar-refractivity contribution in [3.8, 4) is 0 Å². The zero-order chi connectivity index (χ0) is 8.97. The van der Waals surface area contributed by atoms with Crippen LogP contribution in [0.25, 0.3) is 0 Å². The fourth-order valence-corrected chi connectivity index (χ4v) is 3.26. The standard InChI is InChI=1S/C10H19IN/c1-11-10-6-4-9(5-7-10)8-12(2)3/h6,9H,4-5,7-8H2,1-3H3/q-1. The van der Waals surface area contributed by atoms with E-state index in [0.29, 0.717) is 21.2 Å². The van der Waals surface area contributed by atoms with Gasteiger partial charge in [-0.15, -0.1) is 0 Å². The van der Waals surface area contributed by atoms with Gasteiger partial charge in [-0.2, -0.15) is 0 Å². The van der Waals surface area contributed by atoms with Crippen LogP contribution in [0.1, 0.15) is 19.3 Å². The van der Waals surface area contributed by atoms with E-state index in [9.17, 15) is 0 Å². The number of halogens is 1. The van der Waals surface area contributed by atoms with Crippen LogP contribution in [-0.2, 0) is 0 Å². The topological polar surface area (TPSA) is 3.24 Å². The molecule has 1 atom stereocenters. The number of hydrogen-bond donors (Lipinski definition) is 0. The van der Waals surface area contributed by atoms with Gasteiger partial charge >= 0.3 is 86.5 Å². The number of hydrogen-bond acceptors (Lipinski definition) is 1. The first-order chi connectivity index (χ1) is 5.72. The summed E-state index contributed by atoms with van der Waals surface area (Å²) >= 11 is 0.393. The van der Waals surface area contributed by atoms with Gasteiger partial charge in [0, 0.05) is 0 Å². The molecule has 0 heterocycles. The monoisotopic (exact) mass is 280 g/mol. The van der Waals surface area contributed by atoms with Gasteiger partial charge in [0.15, 0.2) is 0 Å². The Labute approximate surface area is 86.5 Å². The quantitative estimate of drug-likeness (QED) is 0.471. The van der Waals surface area contributed by atoms with Crippen LogP contribution in [-0.4, -0.2) is 30.5 Å². The van der Waals surface area contributed by atoms with Crippen molar-refractivity contribution < 1.29 is 21.2 Å². The van der Waals surface area contributed by atoms with Crippen molar-refractivity contribution >= 4 is 0 Å². The molecule has 1 nitrogen and oxygen atoms in total. The molecule has 1 unspecified atom stereocenters. The molecule has 0 N–H and O–H groups in total. The van der Waals surface area contributed by atoms with Gasteiger partial charge in [0.25, 0.3) is 0 Å². The van der Waals surface area contributed by atoms with Gasteiger partial charge in [-0.25, -0.2) is 0 Å².